The molecular weight excluding hydrogens is 851 g/mol. The number of hydrogen-bond donors (Lipinski definition) is 0. The lowest BCUT2D eigenvalue weighted by Gasteiger charge is -2.40. The van der Waals surface area contributed by atoms with Gasteiger partial charge in [0.1, 0.15) is 23.1 Å². The Hall–Kier alpha value is -4.07. The molecule has 3 aromatic rings. The van der Waals surface area contributed by atoms with Crippen molar-refractivity contribution in [3.05, 3.63) is 86.0 Å². The van der Waals surface area contributed by atoms with Gasteiger partial charge in [0.15, 0.2) is 5.75 Å². The Labute approximate surface area is 372 Å². The summed E-state index contributed by atoms with van der Waals surface area (Å²) in [5, 5.41) is 1.34. The summed E-state index contributed by atoms with van der Waals surface area (Å²) in [5.74, 6) is 0.236. The van der Waals surface area contributed by atoms with E-state index < -0.39 is 42.3 Å². The predicted octanol–water partition coefficient (Wildman–Crippen LogP) is 10.5. The number of aryl methyl sites for hydroxylation is 1. The normalized spacial score (nSPS) is 19.5. The molecular formula is C45H56Cl3F2N5O6. The van der Waals surface area contributed by atoms with Crippen LogP contribution >= 0.6 is 34.8 Å². The molecule has 2 aliphatic heterocycles. The predicted molar refractivity (Wildman–Crippen MR) is 233 cm³/mol. The van der Waals surface area contributed by atoms with Gasteiger partial charge in [-0.1, -0.05) is 53.0 Å². The fraction of sp³-hybridized carbons (Fsp3) is 0.556. The van der Waals surface area contributed by atoms with Gasteiger partial charge in [-0.15, -0.1) is 0 Å². The third-order valence-electron chi connectivity index (χ3n) is 10.8. The number of benzene rings is 2. The van der Waals surface area contributed by atoms with Crippen molar-refractivity contribution in [3.8, 4) is 5.75 Å². The highest BCUT2D eigenvalue weighted by Crippen LogP contribution is 2.40. The molecule has 6 rings (SSSR count). The molecule has 11 nitrogen and oxygen atoms in total. The molecule has 3 amide bonds. The molecule has 2 saturated heterocycles. The molecule has 0 spiro atoms. The molecule has 2 aromatic carbocycles. The Bertz CT molecular complexity index is 2040. The summed E-state index contributed by atoms with van der Waals surface area (Å²) in [4.78, 5) is 52.7. The van der Waals surface area contributed by atoms with E-state index in [-0.39, 0.29) is 43.6 Å². The minimum atomic E-state index is -2.77. The summed E-state index contributed by atoms with van der Waals surface area (Å²) in [5.41, 5.74) is 1.41. The molecule has 0 N–H and O–H groups in total. The number of aromatic nitrogens is 1. The molecule has 3 fully saturated rings. The van der Waals surface area contributed by atoms with Gasteiger partial charge in [0, 0.05) is 62.3 Å². The van der Waals surface area contributed by atoms with Crippen LogP contribution in [0.25, 0.3) is 0 Å². The fourth-order valence-corrected chi connectivity index (χ4v) is 8.69. The highest BCUT2D eigenvalue weighted by atomic mass is 35.5. The topological polar surface area (TPSA) is 105 Å². The van der Waals surface area contributed by atoms with Crippen molar-refractivity contribution in [2.24, 2.45) is 5.92 Å². The third kappa shape index (κ3) is 12.5. The zero-order chi connectivity index (χ0) is 44.4. The van der Waals surface area contributed by atoms with Crippen LogP contribution in [-0.4, -0.2) is 100 Å². The van der Waals surface area contributed by atoms with Crippen LogP contribution in [0.3, 0.4) is 0 Å². The molecule has 0 radical (unpaired) electrons. The van der Waals surface area contributed by atoms with Gasteiger partial charge in [-0.05, 0) is 114 Å². The van der Waals surface area contributed by atoms with E-state index in [1.54, 1.807) is 43.9 Å². The minimum Gasteiger partial charge on any atom is -0.485 e. The number of amides is 3. The van der Waals surface area contributed by atoms with E-state index in [2.05, 4.69) is 4.90 Å². The van der Waals surface area contributed by atoms with Crippen LogP contribution in [0.1, 0.15) is 95.4 Å². The van der Waals surface area contributed by atoms with Gasteiger partial charge >= 0.3 is 12.2 Å². The molecule has 332 valence electrons. The number of hydrogen-bond acceptors (Lipinski definition) is 8. The average molecular weight is 907 g/mol. The van der Waals surface area contributed by atoms with Crippen LogP contribution in [0.5, 0.6) is 5.75 Å². The first-order valence-corrected chi connectivity index (χ1v) is 21.9. The number of carbonyl (C=O) groups is 3. The van der Waals surface area contributed by atoms with Crippen LogP contribution in [-0.2, 0) is 27.4 Å². The molecule has 0 unspecified atom stereocenters. The lowest BCUT2D eigenvalue weighted by molar-refractivity contribution is -0.139. The van der Waals surface area contributed by atoms with Crippen molar-refractivity contribution in [3.63, 3.8) is 0 Å². The molecule has 1 aliphatic carbocycles. The van der Waals surface area contributed by atoms with E-state index in [1.807, 2.05) is 63.1 Å². The number of nitrogens with zero attached hydrogens (tertiary/aromatic N) is 5. The zero-order valence-electron chi connectivity index (χ0n) is 35.9. The standard InChI is InChI=1S/C45H56Cl3F2N5O6/c1-27-18-36(47)40(37(48)19-27)59-32-14-16-52(24-32)39-13-9-29(21-51-39)33-15-17-53(42(57)60-44(2,3)4)25-34(33)41(56)55(31-10-11-31)23-30-20-28(8-12-35(30)46)22-54(26-38(49)50)43(58)61-45(5,6)7/h8-9,12-13,18-21,31-34,38H,10-11,14-17,22-26H2,1-7H3/t32-,33-,34+/m0/s1. The highest BCUT2D eigenvalue weighted by Gasteiger charge is 2.44. The van der Waals surface area contributed by atoms with Gasteiger partial charge in [-0.25, -0.2) is 23.4 Å². The summed E-state index contributed by atoms with van der Waals surface area (Å²) in [7, 11) is 0. The third-order valence-corrected chi connectivity index (χ3v) is 11.7. The SMILES string of the molecule is Cc1cc(Cl)c(O[C@H]2CCN(c3ccc([C@@H]4CCN(C(=O)OC(C)(C)C)C[C@H]4C(=O)N(Cc4cc(CN(CC(F)F)C(=O)OC(C)(C)C)ccc4Cl)C4CC4)cn3)C2)c(Cl)c1. The quantitative estimate of drug-likeness (QED) is 0.177. The molecule has 1 aromatic heterocycles. The number of halogens is 5. The van der Waals surface area contributed by atoms with Gasteiger partial charge in [-0.2, -0.15) is 0 Å². The van der Waals surface area contributed by atoms with Crippen molar-refractivity contribution in [2.45, 2.75) is 123 Å². The maximum Gasteiger partial charge on any atom is 0.410 e. The second-order valence-corrected chi connectivity index (χ2v) is 19.5. The average Bonchev–Trinajstić information content (AvgIpc) is 3.90. The number of likely N-dealkylation sites (tertiary alicyclic amines) is 1. The van der Waals surface area contributed by atoms with Crippen LogP contribution in [0.15, 0.2) is 48.7 Å². The maximum atomic E-state index is 15.0. The fourth-order valence-electron chi connectivity index (χ4n) is 7.83. The molecule has 0 bridgehead atoms. The van der Waals surface area contributed by atoms with E-state index in [9.17, 15) is 23.2 Å². The van der Waals surface area contributed by atoms with Crippen molar-refractivity contribution in [1.82, 2.24) is 19.7 Å². The Kier molecular flexibility index (Phi) is 14.6. The van der Waals surface area contributed by atoms with Crippen LogP contribution in [0.4, 0.5) is 24.2 Å². The number of anilines is 1. The second-order valence-electron chi connectivity index (χ2n) is 18.3. The monoisotopic (exact) mass is 905 g/mol. The Balaban J connectivity index is 1.21. The van der Waals surface area contributed by atoms with E-state index in [0.29, 0.717) is 51.5 Å². The summed E-state index contributed by atoms with van der Waals surface area (Å²) >= 11 is 19.7. The number of rotatable bonds is 12. The van der Waals surface area contributed by atoms with E-state index in [4.69, 9.17) is 54.0 Å². The lowest BCUT2D eigenvalue weighted by Crippen LogP contribution is -2.51. The maximum absolute atomic E-state index is 15.0. The number of carbonyl (C=O) groups excluding carboxylic acids is 3. The van der Waals surface area contributed by atoms with Crippen molar-refractivity contribution < 1.29 is 37.4 Å². The second kappa shape index (κ2) is 19.1. The van der Waals surface area contributed by atoms with Crippen LogP contribution in [0, 0.1) is 12.8 Å². The van der Waals surface area contributed by atoms with Crippen LogP contribution in [0.2, 0.25) is 15.1 Å². The minimum absolute atomic E-state index is 0.0441. The van der Waals surface area contributed by atoms with Crippen molar-refractivity contribution in [1.29, 1.82) is 0 Å². The van der Waals surface area contributed by atoms with Crippen molar-refractivity contribution >= 4 is 58.7 Å². The van der Waals surface area contributed by atoms with E-state index in [1.165, 1.54) is 0 Å². The molecule has 3 heterocycles. The first kappa shape index (κ1) is 46.4. The molecule has 16 heteroatoms. The van der Waals surface area contributed by atoms with Gasteiger partial charge in [0.05, 0.1) is 29.1 Å². The highest BCUT2D eigenvalue weighted by molar-refractivity contribution is 6.37. The van der Waals surface area contributed by atoms with Gasteiger partial charge in [-0.3, -0.25) is 9.69 Å². The van der Waals surface area contributed by atoms with Gasteiger partial charge in [0.2, 0.25) is 5.91 Å². The number of piperidine rings is 1. The van der Waals surface area contributed by atoms with Crippen molar-refractivity contribution in [2.75, 3.05) is 37.6 Å². The van der Waals surface area contributed by atoms with Gasteiger partial charge < -0.3 is 28.9 Å². The molecule has 3 atom stereocenters. The summed E-state index contributed by atoms with van der Waals surface area (Å²) in [6, 6.07) is 12.7. The lowest BCUT2D eigenvalue weighted by atomic mass is 9.80. The summed E-state index contributed by atoms with van der Waals surface area (Å²) < 4.78 is 44.6. The number of pyridine rings is 1. The Morgan fingerprint density at radius 2 is 1.54 bits per heavy atom. The largest absolute Gasteiger partial charge is 0.485 e. The van der Waals surface area contributed by atoms with E-state index >= 15 is 0 Å². The molecule has 61 heavy (non-hydrogen) atoms. The summed E-state index contributed by atoms with van der Waals surface area (Å²) in [6.07, 6.45) is 0.445. The van der Waals surface area contributed by atoms with E-state index in [0.717, 1.165) is 47.7 Å². The smallest absolute Gasteiger partial charge is 0.410 e. The summed E-state index contributed by atoms with van der Waals surface area (Å²) in [6.45, 7) is 13.4. The number of ether oxygens (including phenoxy) is 3. The Morgan fingerprint density at radius 3 is 2.15 bits per heavy atom. The first-order valence-electron chi connectivity index (χ1n) is 20.8. The van der Waals surface area contributed by atoms with Crippen LogP contribution < -0.4 is 9.64 Å². The first-order chi connectivity index (χ1) is 28.6. The molecule has 3 aliphatic rings. The number of alkyl halides is 2. The zero-order valence-corrected chi connectivity index (χ0v) is 38.1. The molecule has 1 saturated carbocycles. The Morgan fingerprint density at radius 1 is 0.852 bits per heavy atom. The van der Waals surface area contributed by atoms with Gasteiger partial charge in [0.25, 0.3) is 6.43 Å².